The monoisotopic (exact) mass is 173 g/mol. The molecule has 0 fully saturated rings. The van der Waals surface area contributed by atoms with Crippen LogP contribution >= 0.6 is 11.3 Å². The Hall–Kier alpha value is -0.340. The molecule has 1 rings (SSSR count). The van der Waals surface area contributed by atoms with Crippen LogP contribution in [0.1, 0.15) is 26.7 Å². The molecule has 0 aliphatic rings. The fraction of sp³-hybridized carbons (Fsp3) is 0.556. The van der Waals surface area contributed by atoms with E-state index in [1.807, 2.05) is 0 Å². The van der Waals surface area contributed by atoms with Crippen molar-refractivity contribution >= 4 is 11.3 Å². The predicted octanol–water partition coefficient (Wildman–Crippen LogP) is 3.13. The van der Waals surface area contributed by atoms with Crippen LogP contribution in [0.5, 0.6) is 0 Å². The highest BCUT2D eigenvalue weighted by molar-refractivity contribution is 7.09. The molecule has 0 unspecified atom stereocenters. The summed E-state index contributed by atoms with van der Waals surface area (Å²) in [5.41, 5.74) is 0. The second-order valence-corrected chi connectivity index (χ2v) is 2.89. The SMILES string of the molecule is C.C.CCNCc1cccs1. The molecule has 11 heavy (non-hydrogen) atoms. The van der Waals surface area contributed by atoms with E-state index in [-0.39, 0.29) is 14.9 Å². The lowest BCUT2D eigenvalue weighted by Gasteiger charge is -1.94. The van der Waals surface area contributed by atoms with Gasteiger partial charge in [-0.15, -0.1) is 11.3 Å². The van der Waals surface area contributed by atoms with E-state index in [0.717, 1.165) is 13.1 Å². The summed E-state index contributed by atoms with van der Waals surface area (Å²) < 4.78 is 0. The van der Waals surface area contributed by atoms with Crippen LogP contribution < -0.4 is 5.32 Å². The summed E-state index contributed by atoms with van der Waals surface area (Å²) in [6.07, 6.45) is 0. The van der Waals surface area contributed by atoms with Crippen LogP contribution in [0.25, 0.3) is 0 Å². The number of thiophene rings is 1. The van der Waals surface area contributed by atoms with Crippen molar-refractivity contribution in [2.75, 3.05) is 6.54 Å². The minimum absolute atomic E-state index is 0. The van der Waals surface area contributed by atoms with E-state index < -0.39 is 0 Å². The highest BCUT2D eigenvalue weighted by atomic mass is 32.1. The fourth-order valence-corrected chi connectivity index (χ4v) is 1.34. The van der Waals surface area contributed by atoms with E-state index in [1.54, 1.807) is 11.3 Å². The number of rotatable bonds is 3. The van der Waals surface area contributed by atoms with E-state index in [2.05, 4.69) is 29.8 Å². The van der Waals surface area contributed by atoms with Gasteiger partial charge in [0.25, 0.3) is 0 Å². The molecule has 0 aliphatic carbocycles. The molecule has 1 heterocycles. The summed E-state index contributed by atoms with van der Waals surface area (Å²) in [6.45, 7) is 4.19. The quantitative estimate of drug-likeness (QED) is 0.740. The zero-order valence-electron chi connectivity index (χ0n) is 5.55. The van der Waals surface area contributed by atoms with Gasteiger partial charge >= 0.3 is 0 Å². The normalized spacial score (nSPS) is 8.09. The first-order valence-corrected chi connectivity index (χ1v) is 4.04. The highest BCUT2D eigenvalue weighted by Gasteiger charge is 1.88. The third kappa shape index (κ3) is 4.99. The molecule has 66 valence electrons. The summed E-state index contributed by atoms with van der Waals surface area (Å²) in [6, 6.07) is 4.23. The maximum Gasteiger partial charge on any atom is 0.0299 e. The van der Waals surface area contributed by atoms with Crippen LogP contribution in [0, 0.1) is 0 Å². The van der Waals surface area contributed by atoms with Gasteiger partial charge < -0.3 is 5.32 Å². The Balaban J connectivity index is 0. The summed E-state index contributed by atoms with van der Waals surface area (Å²) >= 11 is 1.80. The summed E-state index contributed by atoms with van der Waals surface area (Å²) in [5.74, 6) is 0. The molecule has 0 radical (unpaired) electrons. The Kier molecular flexibility index (Phi) is 9.36. The minimum Gasteiger partial charge on any atom is -0.312 e. The number of nitrogens with one attached hydrogen (secondary N) is 1. The fourth-order valence-electron chi connectivity index (χ4n) is 0.661. The molecule has 0 bridgehead atoms. The van der Waals surface area contributed by atoms with Crippen LogP contribution in [0.15, 0.2) is 17.5 Å². The molecule has 0 aromatic carbocycles. The first kappa shape index (κ1) is 13.3. The maximum absolute atomic E-state index is 3.26. The van der Waals surface area contributed by atoms with Gasteiger partial charge in [-0.25, -0.2) is 0 Å². The molecule has 0 aliphatic heterocycles. The van der Waals surface area contributed by atoms with E-state index in [4.69, 9.17) is 0 Å². The average molecular weight is 173 g/mol. The van der Waals surface area contributed by atoms with Gasteiger partial charge in [0.05, 0.1) is 0 Å². The van der Waals surface area contributed by atoms with Gasteiger partial charge in [-0.05, 0) is 18.0 Å². The van der Waals surface area contributed by atoms with Crippen molar-refractivity contribution in [1.82, 2.24) is 5.32 Å². The van der Waals surface area contributed by atoms with Gasteiger partial charge in [0.1, 0.15) is 0 Å². The molecule has 0 atom stereocenters. The second kappa shape index (κ2) is 7.76. The molecular formula is C9H19NS. The largest absolute Gasteiger partial charge is 0.312 e. The minimum atomic E-state index is 0. The van der Waals surface area contributed by atoms with Crippen LogP contribution in [0.3, 0.4) is 0 Å². The highest BCUT2D eigenvalue weighted by Crippen LogP contribution is 2.06. The average Bonchev–Trinajstić information content (AvgIpc) is 2.34. The Morgan fingerprint density at radius 2 is 2.18 bits per heavy atom. The Bertz CT molecular complexity index is 147. The number of hydrogen-bond acceptors (Lipinski definition) is 2. The lowest BCUT2D eigenvalue weighted by atomic mass is 10.4. The van der Waals surface area contributed by atoms with Crippen molar-refractivity contribution in [2.45, 2.75) is 28.3 Å². The Morgan fingerprint density at radius 1 is 1.45 bits per heavy atom. The topological polar surface area (TPSA) is 12.0 Å². The van der Waals surface area contributed by atoms with E-state index in [9.17, 15) is 0 Å². The summed E-state index contributed by atoms with van der Waals surface area (Å²) in [4.78, 5) is 1.41. The first-order chi connectivity index (χ1) is 4.43. The number of hydrogen-bond donors (Lipinski definition) is 1. The van der Waals surface area contributed by atoms with Crippen LogP contribution in [0.4, 0.5) is 0 Å². The lowest BCUT2D eigenvalue weighted by molar-refractivity contribution is 0.735. The smallest absolute Gasteiger partial charge is 0.0299 e. The van der Waals surface area contributed by atoms with Gasteiger partial charge in [-0.1, -0.05) is 27.8 Å². The third-order valence-electron chi connectivity index (χ3n) is 1.13. The third-order valence-corrected chi connectivity index (χ3v) is 2.01. The van der Waals surface area contributed by atoms with Crippen molar-refractivity contribution in [1.29, 1.82) is 0 Å². The lowest BCUT2D eigenvalue weighted by Crippen LogP contribution is -2.10. The van der Waals surface area contributed by atoms with Crippen LogP contribution in [-0.4, -0.2) is 6.54 Å². The van der Waals surface area contributed by atoms with Crippen LogP contribution in [0.2, 0.25) is 0 Å². The molecule has 0 amide bonds. The second-order valence-electron chi connectivity index (χ2n) is 1.86. The van der Waals surface area contributed by atoms with Crippen molar-refractivity contribution in [3.63, 3.8) is 0 Å². The Labute approximate surface area is 74.5 Å². The molecule has 0 saturated heterocycles. The van der Waals surface area contributed by atoms with Crippen molar-refractivity contribution in [3.8, 4) is 0 Å². The Morgan fingerprint density at radius 3 is 2.64 bits per heavy atom. The molecule has 1 aromatic rings. The van der Waals surface area contributed by atoms with E-state index in [0.29, 0.717) is 0 Å². The molecule has 2 heteroatoms. The van der Waals surface area contributed by atoms with Gasteiger partial charge in [0, 0.05) is 11.4 Å². The van der Waals surface area contributed by atoms with E-state index in [1.165, 1.54) is 4.88 Å². The van der Waals surface area contributed by atoms with Gasteiger partial charge in [-0.2, -0.15) is 0 Å². The van der Waals surface area contributed by atoms with Crippen molar-refractivity contribution in [3.05, 3.63) is 22.4 Å². The van der Waals surface area contributed by atoms with Gasteiger partial charge in [0.15, 0.2) is 0 Å². The summed E-state index contributed by atoms with van der Waals surface area (Å²) in [7, 11) is 0. The molecule has 0 saturated carbocycles. The zero-order valence-corrected chi connectivity index (χ0v) is 6.37. The summed E-state index contributed by atoms with van der Waals surface area (Å²) in [5, 5.41) is 5.36. The van der Waals surface area contributed by atoms with Gasteiger partial charge in [0.2, 0.25) is 0 Å². The molecule has 1 aromatic heterocycles. The molecular weight excluding hydrogens is 154 g/mol. The standard InChI is InChI=1S/C7H11NS.2CH4/c1-2-8-6-7-4-3-5-9-7;;/h3-5,8H,2,6H2,1H3;2*1H4. The molecule has 1 N–H and O–H groups in total. The van der Waals surface area contributed by atoms with Crippen LogP contribution in [-0.2, 0) is 6.54 Å². The molecule has 0 spiro atoms. The van der Waals surface area contributed by atoms with Crippen molar-refractivity contribution < 1.29 is 0 Å². The first-order valence-electron chi connectivity index (χ1n) is 3.16. The molecule has 1 nitrogen and oxygen atoms in total. The van der Waals surface area contributed by atoms with Crippen molar-refractivity contribution in [2.24, 2.45) is 0 Å². The zero-order chi connectivity index (χ0) is 6.53. The predicted molar refractivity (Wildman–Crippen MR) is 55.2 cm³/mol. The van der Waals surface area contributed by atoms with Gasteiger partial charge in [-0.3, -0.25) is 0 Å². The van der Waals surface area contributed by atoms with E-state index >= 15 is 0 Å². The maximum atomic E-state index is 3.26.